The second kappa shape index (κ2) is 44.4. The molecule has 16 aromatic rings. The molecule has 30 nitrogen and oxygen atoms in total. The Morgan fingerprint density at radius 1 is 0.348 bits per heavy atom. The number of ketones is 6. The average molecular weight is 1900 g/mol. The van der Waals surface area contributed by atoms with Gasteiger partial charge < -0.3 is 77.1 Å². The molecule has 0 aliphatic heterocycles. The first-order valence-corrected chi connectivity index (χ1v) is 45.2. The maximum Gasteiger partial charge on any atom is 0.256 e. The summed E-state index contributed by atoms with van der Waals surface area (Å²) in [5, 5.41) is 22.2. The zero-order valence-corrected chi connectivity index (χ0v) is 82.7. The van der Waals surface area contributed by atoms with Crippen LogP contribution in [-0.2, 0) is 24.0 Å². The summed E-state index contributed by atoms with van der Waals surface area (Å²) in [6.07, 6.45) is 24.9. The topological polar surface area (TPSA) is 476 Å². The summed E-state index contributed by atoms with van der Waals surface area (Å²) in [5.41, 5.74) is 29.9. The number of methoxy groups -OCH3 is 2. The van der Waals surface area contributed by atoms with E-state index in [1.807, 2.05) is 191 Å². The molecule has 726 valence electrons. The van der Waals surface area contributed by atoms with Crippen LogP contribution in [0.3, 0.4) is 0 Å². The first kappa shape index (κ1) is 104. The number of carbonyl (C=O) groups is 9. The maximum absolute atomic E-state index is 12.3. The Morgan fingerprint density at radius 3 is 1.09 bits per heavy atom. The van der Waals surface area contributed by atoms with E-state index in [1.165, 1.54) is 12.1 Å². The van der Waals surface area contributed by atoms with Gasteiger partial charge in [-0.1, -0.05) is 125 Å². The second-order valence-corrected chi connectivity index (χ2v) is 39.5. The number of hydrogen-bond donors (Lipinski definition) is 12. The number of nitrogens with one attached hydrogen (secondary N) is 8. The largest absolute Gasteiger partial charge is 0.508 e. The minimum atomic E-state index is -0.424. The summed E-state index contributed by atoms with van der Waals surface area (Å²) >= 11 is 0. The standard InChI is InChI=1S/2C21H22N4O2.C21H21N3O3.C18H18N2O2.2C15H18N2O2/c1-21(2,3)18(26)9-8-16-10-14-11-19(23-12-17(14)24-16)25-20(27)13-4-6-15(22)7-5-13;1-21(2,3)18(26)9-8-16-10-14-11-17(12-23-19(14)24-16)25-20(27)13-4-6-15(22)7-5-13;1-21(2,3)18(26)9-6-15-10-14-11-16(12-22-19(14)23-15)24-20(27)13-4-7-17(25)8-5-13;1-18(2,3)16(21)12-6-9-14-15(10-12)22-17(20-14)11-4-7-13(19)8-5-11;1-15(2,3)13(18)6-5-11-7-10-8-14(19-4)16-9-12(10)17-11;1-15(2,3)13(18)6-5-11-7-10-8-12(19-4)9-16-14(10)17-11/h4-12,24H,22H2,1-3H3,(H,23,25,27);4-12H,22H2,1-3H3,(H,23,24)(H,25,27);4-12,25H,1-3H3,(H,22,23)(H,24,27);4-10H,19H2,1-3H3;5-9,17H,1-4H3;5-9H,1-4H3,(H,16,17)/b2*9-8+;9-6+;;2*6-5+. The molecule has 0 atom stereocenters. The average Bonchev–Trinajstić information content (AvgIpc) is 1.66. The number of phenols is 1. The van der Waals surface area contributed by atoms with Gasteiger partial charge in [-0.05, 0) is 231 Å². The number of aromatic nitrogens is 11. The lowest BCUT2D eigenvalue weighted by Crippen LogP contribution is -2.19. The number of amides is 3. The fraction of sp³-hybridized carbons (Fsp3) is 0.234. The summed E-state index contributed by atoms with van der Waals surface area (Å²) in [5.74, 6) is 2.00. The van der Waals surface area contributed by atoms with Crippen molar-refractivity contribution in [2.75, 3.05) is 47.4 Å². The minimum absolute atomic E-state index is 0.0379. The van der Waals surface area contributed by atoms with Crippen molar-refractivity contribution in [1.82, 2.24) is 54.8 Å². The molecule has 5 aromatic carbocycles. The molecule has 11 heterocycles. The van der Waals surface area contributed by atoms with Crippen LogP contribution in [0.1, 0.15) is 195 Å². The highest BCUT2D eigenvalue weighted by Crippen LogP contribution is 2.32. The molecular formula is C111H119N17O13. The van der Waals surface area contributed by atoms with Crippen molar-refractivity contribution in [1.29, 1.82) is 0 Å². The van der Waals surface area contributed by atoms with E-state index in [2.05, 4.69) is 70.8 Å². The zero-order valence-electron chi connectivity index (χ0n) is 82.7. The van der Waals surface area contributed by atoms with Crippen LogP contribution in [0.2, 0.25) is 0 Å². The fourth-order valence-corrected chi connectivity index (χ4v) is 12.9. The highest BCUT2D eigenvalue weighted by molar-refractivity contribution is 6.08. The Bertz CT molecular complexity index is 6920. The number of allylic oxidation sites excluding steroid dienone is 5. The van der Waals surface area contributed by atoms with Crippen molar-refractivity contribution in [2.24, 2.45) is 32.5 Å². The molecule has 30 heteroatoms. The number of pyridine rings is 5. The van der Waals surface area contributed by atoms with Crippen molar-refractivity contribution >= 4 is 183 Å². The predicted molar refractivity (Wildman–Crippen MR) is 562 cm³/mol. The van der Waals surface area contributed by atoms with Crippen molar-refractivity contribution in [3.8, 4) is 28.8 Å². The molecule has 16 rings (SSSR count). The fourth-order valence-electron chi connectivity index (χ4n) is 12.9. The van der Waals surface area contributed by atoms with Crippen LogP contribution in [0.5, 0.6) is 17.4 Å². The number of rotatable bonds is 20. The first-order chi connectivity index (χ1) is 66.3. The van der Waals surface area contributed by atoms with Crippen molar-refractivity contribution in [2.45, 2.75) is 125 Å². The number of phenolic OH excluding ortho intramolecular Hbond substituents is 1. The number of Topliss-reactive ketones (excluding diaryl/α,β-unsaturated/α-hetero) is 1. The molecule has 11 aromatic heterocycles. The van der Waals surface area contributed by atoms with E-state index in [1.54, 1.807) is 203 Å². The third-order valence-electron chi connectivity index (χ3n) is 21.4. The van der Waals surface area contributed by atoms with Gasteiger partial charge in [0.2, 0.25) is 11.8 Å². The molecule has 0 bridgehead atoms. The number of nitrogens with zero attached hydrogens (tertiary/aromatic N) is 6. The molecule has 0 unspecified atom stereocenters. The third kappa shape index (κ3) is 29.7. The molecule has 0 radical (unpaired) electrons. The summed E-state index contributed by atoms with van der Waals surface area (Å²) < 4.78 is 16.0. The highest BCUT2D eigenvalue weighted by Gasteiger charge is 2.27. The molecule has 3 amide bonds. The molecule has 15 N–H and O–H groups in total. The SMILES string of the molecule is CC(C)(C)C(=O)/C=C/c1cc2cc(NC(=O)c3ccc(N)cc3)cnc2[nH]1.CC(C)(C)C(=O)/C=C/c1cc2cc(NC(=O)c3ccc(N)cc3)ncc2[nH]1.CC(C)(C)C(=O)/C=C/c1cc2cc(NC(=O)c3ccc(O)cc3)cnc2[nH]1.CC(C)(C)C(=O)c1ccc2nc(-c3ccc(N)cc3)oc2c1.COc1cc2cc(/C=C/C(=O)C(C)(C)C)[nH]c2cn1.COc1cnc2[nH]c(/C=C/C(=O)C(C)(C)C)cc2c1. The zero-order chi connectivity index (χ0) is 103. The molecule has 0 aliphatic rings. The molecule has 0 aliphatic carbocycles. The molecule has 0 spiro atoms. The van der Waals surface area contributed by atoms with E-state index in [9.17, 15) is 48.3 Å². The minimum Gasteiger partial charge on any atom is -0.508 e. The number of aromatic amines is 5. The van der Waals surface area contributed by atoms with Gasteiger partial charge in [0.25, 0.3) is 17.7 Å². The molecular weight excluding hydrogens is 1780 g/mol. The predicted octanol–water partition coefficient (Wildman–Crippen LogP) is 22.9. The van der Waals surface area contributed by atoms with Crippen LogP contribution in [0.25, 0.3) is 108 Å². The van der Waals surface area contributed by atoms with Gasteiger partial charge in [0.1, 0.15) is 39.8 Å². The van der Waals surface area contributed by atoms with Gasteiger partial charge in [-0.15, -0.1) is 0 Å². The van der Waals surface area contributed by atoms with E-state index in [0.29, 0.717) is 90.9 Å². The Morgan fingerprint density at radius 2 is 0.695 bits per heavy atom. The number of hydrogen-bond acceptors (Lipinski definition) is 22. The Balaban J connectivity index is 0.000000163. The van der Waals surface area contributed by atoms with Gasteiger partial charge >= 0.3 is 0 Å². The van der Waals surface area contributed by atoms with Gasteiger partial charge in [-0.2, -0.15) is 0 Å². The summed E-state index contributed by atoms with van der Waals surface area (Å²) in [4.78, 5) is 150. The second-order valence-electron chi connectivity index (χ2n) is 39.5. The number of nitrogen functional groups attached to an aromatic ring is 3. The van der Waals surface area contributed by atoms with E-state index in [0.717, 1.165) is 83.2 Å². The van der Waals surface area contributed by atoms with Gasteiger partial charge in [-0.3, -0.25) is 43.2 Å². The lowest BCUT2D eigenvalue weighted by atomic mass is 9.86. The number of H-pyrrole nitrogens is 5. The van der Waals surface area contributed by atoms with Crippen LogP contribution in [-0.4, -0.2) is 127 Å². The molecule has 0 saturated carbocycles. The van der Waals surface area contributed by atoms with Crippen LogP contribution in [0.15, 0.2) is 242 Å². The van der Waals surface area contributed by atoms with Gasteiger partial charge in [0.05, 0.1) is 67.6 Å². The van der Waals surface area contributed by atoms with E-state index < -0.39 is 21.7 Å². The first-order valence-electron chi connectivity index (χ1n) is 45.2. The Labute approximate surface area is 816 Å². The maximum atomic E-state index is 12.3. The van der Waals surface area contributed by atoms with Gasteiger partial charge in [-0.25, -0.2) is 29.9 Å². The molecule has 0 saturated heterocycles. The van der Waals surface area contributed by atoms with Crippen LogP contribution < -0.4 is 42.6 Å². The highest BCUT2D eigenvalue weighted by atomic mass is 16.5. The van der Waals surface area contributed by atoms with E-state index >= 15 is 0 Å². The molecule has 141 heavy (non-hydrogen) atoms. The summed E-state index contributed by atoms with van der Waals surface area (Å²) in [7, 11) is 3.20. The lowest BCUT2D eigenvalue weighted by molar-refractivity contribution is -0.122. The lowest BCUT2D eigenvalue weighted by Gasteiger charge is -2.16. The normalized spacial score (nSPS) is 11.9. The van der Waals surface area contributed by atoms with Gasteiger partial charge in [0.15, 0.2) is 40.3 Å². The number of aromatic hydroxyl groups is 1. The van der Waals surface area contributed by atoms with Crippen LogP contribution in [0, 0.1) is 32.5 Å². The Hall–Kier alpha value is -17.1. The third-order valence-corrected chi connectivity index (χ3v) is 21.4. The van der Waals surface area contributed by atoms with Crippen molar-refractivity contribution in [3.05, 3.63) is 288 Å². The van der Waals surface area contributed by atoms with Gasteiger partial charge in [0, 0.05) is 139 Å². The van der Waals surface area contributed by atoms with Crippen molar-refractivity contribution in [3.63, 3.8) is 0 Å². The van der Waals surface area contributed by atoms with Crippen LogP contribution in [0.4, 0.5) is 34.3 Å². The number of benzene rings is 5. The summed E-state index contributed by atoms with van der Waals surface area (Å²) in [6.45, 7) is 34.0. The smallest absolute Gasteiger partial charge is 0.256 e. The van der Waals surface area contributed by atoms with E-state index in [-0.39, 0.29) is 69.0 Å². The number of ether oxygens (including phenoxy) is 2. The van der Waals surface area contributed by atoms with E-state index in [4.69, 9.17) is 31.1 Å². The summed E-state index contributed by atoms with van der Waals surface area (Å²) in [6, 6.07) is 50.8. The Kier molecular flexibility index (Phi) is 32.9. The number of fused-ring (bicyclic) bond motifs is 6. The quantitative estimate of drug-likeness (QED) is 0.0191. The number of nitrogens with two attached hydrogens (primary N) is 3. The van der Waals surface area contributed by atoms with Crippen molar-refractivity contribution < 1.29 is 62.1 Å². The molecule has 0 fully saturated rings. The van der Waals surface area contributed by atoms with Crippen LogP contribution >= 0.6 is 0 Å². The monoisotopic (exact) mass is 1900 g/mol. The number of oxazole rings is 1. The number of anilines is 6. The number of carbonyl (C=O) groups excluding carboxylic acids is 9.